The number of fused-ring (bicyclic) bond motifs is 1. The summed E-state index contributed by atoms with van der Waals surface area (Å²) in [6.45, 7) is 6.39. The normalized spacial score (nSPS) is 15.7. The maximum Gasteiger partial charge on any atom is 0.294 e. The van der Waals surface area contributed by atoms with Gasteiger partial charge in [0, 0.05) is 38.4 Å². The van der Waals surface area contributed by atoms with Crippen LogP contribution in [-0.4, -0.2) is 53.4 Å². The molecule has 0 N–H and O–H groups in total. The second-order valence-corrected chi connectivity index (χ2v) is 9.81. The van der Waals surface area contributed by atoms with Gasteiger partial charge in [0.05, 0.1) is 22.1 Å². The Balaban J connectivity index is 1.62. The molecule has 31 heavy (non-hydrogen) atoms. The fourth-order valence-electron chi connectivity index (χ4n) is 3.78. The van der Waals surface area contributed by atoms with Crippen molar-refractivity contribution in [3.63, 3.8) is 0 Å². The monoisotopic (exact) mass is 445 g/mol. The van der Waals surface area contributed by atoms with Crippen molar-refractivity contribution in [2.24, 2.45) is 0 Å². The van der Waals surface area contributed by atoms with Gasteiger partial charge >= 0.3 is 0 Å². The summed E-state index contributed by atoms with van der Waals surface area (Å²) in [7, 11) is -3.82. The molecular weight excluding hydrogens is 421 g/mol. The molecule has 164 valence electrons. The molecule has 3 heterocycles. The van der Waals surface area contributed by atoms with Crippen molar-refractivity contribution in [1.29, 1.82) is 0 Å². The Labute approximate surface area is 180 Å². The third-order valence-electron chi connectivity index (χ3n) is 5.51. The molecule has 10 heteroatoms. The lowest BCUT2D eigenvalue weighted by molar-refractivity contribution is 0.382. The lowest BCUT2D eigenvalue weighted by Gasteiger charge is -2.34. The minimum atomic E-state index is -3.82. The zero-order chi connectivity index (χ0) is 22.3. The van der Waals surface area contributed by atoms with Gasteiger partial charge in [-0.15, -0.1) is 0 Å². The first-order valence-electron chi connectivity index (χ1n) is 10.1. The number of hydrogen-bond donors (Lipinski definition) is 0. The Bertz CT molecular complexity index is 1300. The van der Waals surface area contributed by atoms with Gasteiger partial charge in [0.1, 0.15) is 5.82 Å². The van der Waals surface area contributed by atoms with E-state index in [0.717, 1.165) is 6.07 Å². The van der Waals surface area contributed by atoms with Gasteiger partial charge in [0.15, 0.2) is 5.82 Å². The van der Waals surface area contributed by atoms with Crippen LogP contribution in [-0.2, 0) is 10.0 Å². The maximum absolute atomic E-state index is 13.9. The highest BCUT2D eigenvalue weighted by atomic mass is 32.2. The first-order chi connectivity index (χ1) is 14.7. The summed E-state index contributed by atoms with van der Waals surface area (Å²) in [4.78, 5) is 23.5. The maximum atomic E-state index is 13.9. The van der Waals surface area contributed by atoms with Gasteiger partial charge < -0.3 is 4.90 Å². The molecule has 1 fully saturated rings. The fraction of sp³-hybridized carbons (Fsp3) is 0.381. The molecule has 2 aromatic heterocycles. The van der Waals surface area contributed by atoms with E-state index in [1.807, 2.05) is 18.7 Å². The highest BCUT2D eigenvalue weighted by molar-refractivity contribution is 7.89. The SMILES string of the molecule is Cc1ccc(S(=O)(=O)N2CCN(c3nc4ccncc4n(C(C)C)c3=O)CC2)cc1F. The summed E-state index contributed by atoms with van der Waals surface area (Å²) in [5, 5.41) is 0. The number of pyridine rings is 1. The molecule has 1 aliphatic heterocycles. The number of nitrogens with zero attached hydrogens (tertiary/aromatic N) is 5. The van der Waals surface area contributed by atoms with Crippen LogP contribution in [0.3, 0.4) is 0 Å². The van der Waals surface area contributed by atoms with Crippen LogP contribution >= 0.6 is 0 Å². The van der Waals surface area contributed by atoms with Gasteiger partial charge in [-0.1, -0.05) is 6.07 Å². The van der Waals surface area contributed by atoms with E-state index in [9.17, 15) is 17.6 Å². The number of halogens is 1. The molecular formula is C21H24FN5O3S. The molecule has 1 saturated heterocycles. The standard InChI is InChI=1S/C21H24FN5O3S/c1-14(2)27-19-13-23-7-6-18(19)24-20(21(27)28)25-8-10-26(11-9-25)31(29,30)16-5-4-15(3)17(22)12-16/h4-7,12-14H,8-11H2,1-3H3. The first kappa shape index (κ1) is 21.4. The minimum absolute atomic E-state index is 0.0671. The lowest BCUT2D eigenvalue weighted by atomic mass is 10.2. The second kappa shape index (κ2) is 8.01. The predicted octanol–water partition coefficient (Wildman–Crippen LogP) is 2.33. The second-order valence-electron chi connectivity index (χ2n) is 7.87. The number of hydrogen-bond acceptors (Lipinski definition) is 6. The highest BCUT2D eigenvalue weighted by Crippen LogP contribution is 2.22. The lowest BCUT2D eigenvalue weighted by Crippen LogP contribution is -2.50. The molecule has 0 unspecified atom stereocenters. The Hall–Kier alpha value is -2.85. The van der Waals surface area contributed by atoms with Gasteiger partial charge in [-0.3, -0.25) is 14.3 Å². The summed E-state index contributed by atoms with van der Waals surface area (Å²) in [5.74, 6) is -0.255. The number of anilines is 1. The van der Waals surface area contributed by atoms with Crippen LogP contribution < -0.4 is 10.5 Å². The van der Waals surface area contributed by atoms with Crippen LogP contribution in [0.2, 0.25) is 0 Å². The van der Waals surface area contributed by atoms with Gasteiger partial charge in [0.2, 0.25) is 10.0 Å². The third-order valence-corrected chi connectivity index (χ3v) is 7.40. The zero-order valence-electron chi connectivity index (χ0n) is 17.6. The highest BCUT2D eigenvalue weighted by Gasteiger charge is 2.30. The molecule has 0 bridgehead atoms. The van der Waals surface area contributed by atoms with Gasteiger partial charge in [-0.05, 0) is 44.5 Å². The van der Waals surface area contributed by atoms with Crippen molar-refractivity contribution >= 4 is 26.9 Å². The van der Waals surface area contributed by atoms with E-state index in [2.05, 4.69) is 9.97 Å². The summed E-state index contributed by atoms with van der Waals surface area (Å²) >= 11 is 0. The van der Waals surface area contributed by atoms with E-state index in [4.69, 9.17) is 0 Å². The van der Waals surface area contributed by atoms with Gasteiger partial charge in [-0.25, -0.2) is 17.8 Å². The van der Waals surface area contributed by atoms with Crippen molar-refractivity contribution < 1.29 is 12.8 Å². The number of piperazine rings is 1. The Morgan fingerprint density at radius 3 is 2.45 bits per heavy atom. The fourth-order valence-corrected chi connectivity index (χ4v) is 5.21. The van der Waals surface area contributed by atoms with E-state index >= 15 is 0 Å². The molecule has 8 nitrogen and oxygen atoms in total. The zero-order valence-corrected chi connectivity index (χ0v) is 18.4. The molecule has 0 saturated carbocycles. The van der Waals surface area contributed by atoms with Crippen LogP contribution in [0.5, 0.6) is 0 Å². The summed E-state index contributed by atoms with van der Waals surface area (Å²) in [6.07, 6.45) is 3.25. The number of rotatable bonds is 4. The number of aryl methyl sites for hydroxylation is 1. The Morgan fingerprint density at radius 2 is 1.81 bits per heavy atom. The van der Waals surface area contributed by atoms with Crippen molar-refractivity contribution in [2.45, 2.75) is 31.7 Å². The van der Waals surface area contributed by atoms with E-state index in [1.165, 1.54) is 16.4 Å². The molecule has 0 aliphatic carbocycles. The van der Waals surface area contributed by atoms with Crippen LogP contribution in [0.4, 0.5) is 10.2 Å². The Kier molecular flexibility index (Phi) is 5.52. The van der Waals surface area contributed by atoms with Crippen molar-refractivity contribution in [2.75, 3.05) is 31.1 Å². The smallest absolute Gasteiger partial charge is 0.294 e. The number of benzene rings is 1. The van der Waals surface area contributed by atoms with Crippen LogP contribution in [0.1, 0.15) is 25.5 Å². The summed E-state index contributed by atoms with van der Waals surface area (Å²) in [6, 6.07) is 5.60. The molecule has 4 rings (SSSR count). The van der Waals surface area contributed by atoms with Gasteiger partial charge in [0.25, 0.3) is 5.56 Å². The number of sulfonamides is 1. The van der Waals surface area contributed by atoms with E-state index in [-0.39, 0.29) is 29.6 Å². The molecule has 0 amide bonds. The topological polar surface area (TPSA) is 88.4 Å². The van der Waals surface area contributed by atoms with Crippen molar-refractivity contribution in [1.82, 2.24) is 18.8 Å². The summed E-state index contributed by atoms with van der Waals surface area (Å²) < 4.78 is 42.7. The number of aromatic nitrogens is 3. The first-order valence-corrected chi connectivity index (χ1v) is 11.5. The molecule has 1 aromatic carbocycles. The van der Waals surface area contributed by atoms with E-state index in [1.54, 1.807) is 30.0 Å². The Morgan fingerprint density at radius 1 is 1.10 bits per heavy atom. The van der Waals surface area contributed by atoms with E-state index < -0.39 is 15.8 Å². The van der Waals surface area contributed by atoms with Crippen LogP contribution in [0.25, 0.3) is 11.0 Å². The summed E-state index contributed by atoms with van der Waals surface area (Å²) in [5.41, 5.74) is 1.48. The molecule has 0 radical (unpaired) electrons. The van der Waals surface area contributed by atoms with Gasteiger partial charge in [-0.2, -0.15) is 4.31 Å². The minimum Gasteiger partial charge on any atom is -0.349 e. The van der Waals surface area contributed by atoms with Crippen LogP contribution in [0.15, 0.2) is 46.3 Å². The molecule has 0 atom stereocenters. The average Bonchev–Trinajstić information content (AvgIpc) is 2.75. The van der Waals surface area contributed by atoms with Crippen molar-refractivity contribution in [3.05, 3.63) is 58.4 Å². The third kappa shape index (κ3) is 3.81. The molecule has 3 aromatic rings. The van der Waals surface area contributed by atoms with E-state index in [0.29, 0.717) is 35.5 Å². The predicted molar refractivity (Wildman–Crippen MR) is 116 cm³/mol. The average molecular weight is 446 g/mol. The molecule has 0 spiro atoms. The molecule has 1 aliphatic rings. The van der Waals surface area contributed by atoms with Crippen molar-refractivity contribution in [3.8, 4) is 0 Å². The van der Waals surface area contributed by atoms with Crippen LogP contribution in [0, 0.1) is 12.7 Å². The largest absolute Gasteiger partial charge is 0.349 e. The quantitative estimate of drug-likeness (QED) is 0.613.